The minimum atomic E-state index is -0.618. The van der Waals surface area contributed by atoms with Crippen LogP contribution in [0.5, 0.6) is 0 Å². The first-order chi connectivity index (χ1) is 10.1. The molecule has 112 valence electrons. The van der Waals surface area contributed by atoms with Crippen molar-refractivity contribution in [1.82, 2.24) is 14.7 Å². The van der Waals surface area contributed by atoms with Crippen molar-refractivity contribution < 1.29 is 13.9 Å². The predicted octanol–water partition coefficient (Wildman–Crippen LogP) is 0.812. The molecule has 1 aliphatic rings. The molecule has 3 heterocycles. The number of rotatable bonds is 3. The smallest absolute Gasteiger partial charge is 0.387 e. The van der Waals surface area contributed by atoms with Crippen molar-refractivity contribution >= 4 is 17.2 Å². The van der Waals surface area contributed by atoms with Crippen molar-refractivity contribution in [2.45, 2.75) is 19.6 Å². The number of carbonyl (C=O) groups excluding carboxylic acids is 1. The molecule has 0 radical (unpaired) electrons. The Morgan fingerprint density at radius 1 is 1.57 bits per heavy atom. The summed E-state index contributed by atoms with van der Waals surface area (Å²) in [5.74, 6) is -0.524. The molecule has 0 aliphatic carbocycles. The van der Waals surface area contributed by atoms with Gasteiger partial charge in [-0.1, -0.05) is 6.07 Å². The monoisotopic (exact) mass is 309 g/mol. The number of aromatic nitrogens is 2. The molecule has 0 unspecified atom stereocenters. The van der Waals surface area contributed by atoms with Crippen LogP contribution in [0.25, 0.3) is 10.8 Å². The lowest BCUT2D eigenvalue weighted by atomic mass is 10.3. The normalized spacial score (nSPS) is 18.9. The van der Waals surface area contributed by atoms with Gasteiger partial charge in [0.15, 0.2) is 0 Å². The molecule has 1 amide bonds. The third kappa shape index (κ3) is 3.06. The van der Waals surface area contributed by atoms with Gasteiger partial charge in [-0.3, -0.25) is 4.79 Å². The summed E-state index contributed by atoms with van der Waals surface area (Å²) in [5, 5.41) is 5.94. The molecule has 2 aromatic heterocycles. The molecule has 1 aliphatic heterocycles. The van der Waals surface area contributed by atoms with Gasteiger partial charge in [0, 0.05) is 13.1 Å². The van der Waals surface area contributed by atoms with Crippen LogP contribution in [-0.2, 0) is 16.1 Å². The SMILES string of the molecule is C[C@H]1CN(C(=O)Cn2nc(-c3cccs3)oc2=O)CCO1. The second kappa shape index (κ2) is 5.82. The number of ether oxygens (including phenoxy) is 1. The average molecular weight is 309 g/mol. The summed E-state index contributed by atoms with van der Waals surface area (Å²) in [6, 6.07) is 3.66. The van der Waals surface area contributed by atoms with Gasteiger partial charge >= 0.3 is 5.76 Å². The number of carbonyl (C=O) groups is 1. The van der Waals surface area contributed by atoms with E-state index >= 15 is 0 Å². The number of hydrogen-bond donors (Lipinski definition) is 0. The lowest BCUT2D eigenvalue weighted by Crippen LogP contribution is -2.46. The van der Waals surface area contributed by atoms with E-state index in [2.05, 4.69) is 5.10 Å². The standard InChI is InChI=1S/C13H15N3O4S/c1-9-7-15(4-5-19-9)11(17)8-16-13(18)20-12(14-16)10-3-2-6-21-10/h2-3,6,9H,4-5,7-8H2,1H3/t9-/m0/s1. The Hall–Kier alpha value is -1.93. The van der Waals surface area contributed by atoms with Crippen molar-refractivity contribution in [1.29, 1.82) is 0 Å². The van der Waals surface area contributed by atoms with E-state index in [1.165, 1.54) is 11.3 Å². The summed E-state index contributed by atoms with van der Waals surface area (Å²) in [5.41, 5.74) is 0. The fourth-order valence-corrected chi connectivity index (χ4v) is 2.82. The molecule has 7 nitrogen and oxygen atoms in total. The van der Waals surface area contributed by atoms with E-state index in [9.17, 15) is 9.59 Å². The molecule has 0 N–H and O–H groups in total. The predicted molar refractivity (Wildman–Crippen MR) is 76.1 cm³/mol. The minimum Gasteiger partial charge on any atom is -0.387 e. The lowest BCUT2D eigenvalue weighted by molar-refractivity contribution is -0.139. The summed E-state index contributed by atoms with van der Waals surface area (Å²) in [4.78, 5) is 26.4. The Morgan fingerprint density at radius 2 is 2.43 bits per heavy atom. The Kier molecular flexibility index (Phi) is 3.89. The van der Waals surface area contributed by atoms with Crippen LogP contribution >= 0.6 is 11.3 Å². The van der Waals surface area contributed by atoms with E-state index in [-0.39, 0.29) is 24.4 Å². The van der Waals surface area contributed by atoms with E-state index < -0.39 is 5.76 Å². The zero-order chi connectivity index (χ0) is 14.8. The molecule has 1 fully saturated rings. The topological polar surface area (TPSA) is 77.6 Å². The Bertz CT molecular complexity index is 676. The Balaban J connectivity index is 1.73. The number of thiophene rings is 1. The number of amides is 1. The van der Waals surface area contributed by atoms with Crippen LogP contribution < -0.4 is 5.76 Å². The van der Waals surface area contributed by atoms with Gasteiger partial charge in [0.25, 0.3) is 5.89 Å². The highest BCUT2D eigenvalue weighted by atomic mass is 32.1. The second-order valence-electron chi connectivity index (χ2n) is 4.83. The number of hydrogen-bond acceptors (Lipinski definition) is 6. The highest BCUT2D eigenvalue weighted by Crippen LogP contribution is 2.21. The van der Waals surface area contributed by atoms with Gasteiger partial charge in [0.1, 0.15) is 6.54 Å². The fraction of sp³-hybridized carbons (Fsp3) is 0.462. The van der Waals surface area contributed by atoms with Gasteiger partial charge in [-0.15, -0.1) is 16.4 Å². The van der Waals surface area contributed by atoms with Gasteiger partial charge in [-0.25, -0.2) is 4.79 Å². The molecular weight excluding hydrogens is 294 g/mol. The van der Waals surface area contributed by atoms with Crippen LogP contribution in [0, 0.1) is 0 Å². The van der Waals surface area contributed by atoms with Crippen LogP contribution in [0.4, 0.5) is 0 Å². The highest BCUT2D eigenvalue weighted by molar-refractivity contribution is 7.13. The Morgan fingerprint density at radius 3 is 3.14 bits per heavy atom. The summed E-state index contributed by atoms with van der Waals surface area (Å²) in [6.45, 7) is 3.38. The molecule has 2 aromatic rings. The first kappa shape index (κ1) is 14.0. The van der Waals surface area contributed by atoms with E-state index in [0.29, 0.717) is 19.7 Å². The highest BCUT2D eigenvalue weighted by Gasteiger charge is 2.23. The molecule has 1 saturated heterocycles. The molecule has 0 bridgehead atoms. The third-order valence-electron chi connectivity index (χ3n) is 3.22. The van der Waals surface area contributed by atoms with Crippen LogP contribution in [0.2, 0.25) is 0 Å². The zero-order valence-corrected chi connectivity index (χ0v) is 12.3. The largest absolute Gasteiger partial charge is 0.437 e. The van der Waals surface area contributed by atoms with Gasteiger partial charge in [-0.05, 0) is 18.4 Å². The number of morpholine rings is 1. The summed E-state index contributed by atoms with van der Waals surface area (Å²) >= 11 is 1.42. The zero-order valence-electron chi connectivity index (χ0n) is 11.5. The van der Waals surface area contributed by atoms with E-state index in [4.69, 9.17) is 9.15 Å². The summed E-state index contributed by atoms with van der Waals surface area (Å²) < 4.78 is 11.5. The van der Waals surface area contributed by atoms with Crippen molar-refractivity contribution in [2.24, 2.45) is 0 Å². The molecule has 1 atom stereocenters. The maximum atomic E-state index is 12.2. The maximum Gasteiger partial charge on any atom is 0.437 e. The molecule has 8 heteroatoms. The average Bonchev–Trinajstić information content (AvgIpc) is 3.09. The van der Waals surface area contributed by atoms with Gasteiger partial charge in [-0.2, -0.15) is 4.68 Å². The Labute approximate surface area is 124 Å². The van der Waals surface area contributed by atoms with Crippen molar-refractivity contribution in [3.8, 4) is 10.8 Å². The van der Waals surface area contributed by atoms with Crippen LogP contribution in [0.15, 0.2) is 26.7 Å². The molecule has 0 saturated carbocycles. The van der Waals surface area contributed by atoms with Gasteiger partial charge in [0.2, 0.25) is 5.91 Å². The van der Waals surface area contributed by atoms with Crippen molar-refractivity contribution in [2.75, 3.05) is 19.7 Å². The summed E-state index contributed by atoms with van der Waals surface area (Å²) in [6.07, 6.45) is 0.0124. The lowest BCUT2D eigenvalue weighted by Gasteiger charge is -2.30. The summed E-state index contributed by atoms with van der Waals surface area (Å²) in [7, 11) is 0. The van der Waals surface area contributed by atoms with Crippen LogP contribution in [0.1, 0.15) is 6.92 Å². The fourth-order valence-electron chi connectivity index (χ4n) is 2.18. The van der Waals surface area contributed by atoms with E-state index in [1.807, 2.05) is 24.4 Å². The molecule has 0 spiro atoms. The molecular formula is C13H15N3O4S. The first-order valence-electron chi connectivity index (χ1n) is 6.64. The second-order valence-corrected chi connectivity index (χ2v) is 5.78. The third-order valence-corrected chi connectivity index (χ3v) is 4.07. The van der Waals surface area contributed by atoms with Gasteiger partial charge in [0.05, 0.1) is 17.6 Å². The minimum absolute atomic E-state index is 0.0124. The molecule has 3 rings (SSSR count). The molecule has 21 heavy (non-hydrogen) atoms. The van der Waals surface area contributed by atoms with E-state index in [1.54, 1.807) is 4.90 Å². The van der Waals surface area contributed by atoms with Crippen LogP contribution in [-0.4, -0.2) is 46.4 Å². The number of nitrogens with zero attached hydrogens (tertiary/aromatic N) is 3. The van der Waals surface area contributed by atoms with Crippen LogP contribution in [0.3, 0.4) is 0 Å². The van der Waals surface area contributed by atoms with Crippen molar-refractivity contribution in [3.63, 3.8) is 0 Å². The molecule has 0 aromatic carbocycles. The van der Waals surface area contributed by atoms with Gasteiger partial charge < -0.3 is 14.1 Å². The van der Waals surface area contributed by atoms with Crippen molar-refractivity contribution in [3.05, 3.63) is 28.1 Å². The quantitative estimate of drug-likeness (QED) is 0.838. The maximum absolute atomic E-state index is 12.2. The van der Waals surface area contributed by atoms with E-state index in [0.717, 1.165) is 9.56 Å². The first-order valence-corrected chi connectivity index (χ1v) is 7.52.